The molecule has 0 saturated carbocycles. The molecule has 1 aromatic heterocycles. The number of halogens is 1. The van der Waals surface area contributed by atoms with Gasteiger partial charge in [0.05, 0.1) is 4.47 Å². The third kappa shape index (κ3) is 2.06. The molecule has 86 valence electrons. The van der Waals surface area contributed by atoms with Crippen molar-refractivity contribution in [3.63, 3.8) is 0 Å². The van der Waals surface area contributed by atoms with E-state index < -0.39 is 0 Å². The molecule has 1 aromatic rings. The summed E-state index contributed by atoms with van der Waals surface area (Å²) in [6, 6.07) is 0.502. The maximum atomic E-state index is 5.86. The fourth-order valence-corrected chi connectivity index (χ4v) is 2.75. The van der Waals surface area contributed by atoms with E-state index >= 15 is 0 Å². The highest BCUT2D eigenvalue weighted by Gasteiger charge is 2.35. The van der Waals surface area contributed by atoms with Gasteiger partial charge in [-0.1, -0.05) is 0 Å². The molecule has 0 aliphatic carbocycles. The molecular weight excluding hydrogens is 270 g/mol. The van der Waals surface area contributed by atoms with Crippen molar-refractivity contribution in [2.75, 3.05) is 19.6 Å². The molecule has 2 bridgehead atoms. The molecule has 3 aliphatic rings. The zero-order valence-electron chi connectivity index (χ0n) is 8.97. The zero-order chi connectivity index (χ0) is 11.0. The van der Waals surface area contributed by atoms with E-state index in [0.29, 0.717) is 11.9 Å². The Morgan fingerprint density at radius 1 is 1.25 bits per heavy atom. The van der Waals surface area contributed by atoms with Crippen LogP contribution < -0.4 is 4.74 Å². The summed E-state index contributed by atoms with van der Waals surface area (Å²) >= 11 is 3.31. The van der Waals surface area contributed by atoms with E-state index in [1.165, 1.54) is 25.9 Å². The van der Waals surface area contributed by atoms with Crippen LogP contribution in [0.3, 0.4) is 0 Å². The second kappa shape index (κ2) is 4.30. The van der Waals surface area contributed by atoms with Crippen molar-refractivity contribution < 1.29 is 4.74 Å². The third-order valence-corrected chi connectivity index (χ3v) is 3.86. The molecule has 0 spiro atoms. The van der Waals surface area contributed by atoms with E-state index in [0.717, 1.165) is 11.0 Å². The number of fused-ring (bicyclic) bond motifs is 3. The van der Waals surface area contributed by atoms with Crippen LogP contribution in [-0.2, 0) is 0 Å². The highest BCUT2D eigenvalue weighted by atomic mass is 79.9. The maximum absolute atomic E-state index is 5.86. The van der Waals surface area contributed by atoms with Gasteiger partial charge in [0, 0.05) is 18.9 Å². The van der Waals surface area contributed by atoms with Crippen LogP contribution in [0.25, 0.3) is 0 Å². The van der Waals surface area contributed by atoms with E-state index in [4.69, 9.17) is 4.74 Å². The first kappa shape index (κ1) is 10.5. The van der Waals surface area contributed by atoms with Gasteiger partial charge in [0.25, 0.3) is 0 Å². The van der Waals surface area contributed by atoms with Crippen LogP contribution in [0.4, 0.5) is 0 Å². The van der Waals surface area contributed by atoms with Crippen molar-refractivity contribution in [1.29, 1.82) is 0 Å². The minimum absolute atomic E-state index is 0.281. The number of rotatable bonds is 2. The second-order valence-corrected chi connectivity index (χ2v) is 5.39. The summed E-state index contributed by atoms with van der Waals surface area (Å²) in [5.74, 6) is 0.692. The molecule has 0 aromatic carbocycles. The summed E-state index contributed by atoms with van der Waals surface area (Å²) in [6.07, 6.45) is 6.24. The molecule has 16 heavy (non-hydrogen) atoms. The maximum Gasteiger partial charge on any atom is 0.316 e. The minimum atomic E-state index is 0.281. The highest BCUT2D eigenvalue weighted by molar-refractivity contribution is 9.10. The Labute approximate surface area is 103 Å². The molecule has 0 radical (unpaired) electrons. The van der Waals surface area contributed by atoms with Gasteiger partial charge in [-0.25, -0.2) is 9.97 Å². The van der Waals surface area contributed by atoms with E-state index in [1.54, 1.807) is 12.4 Å². The summed E-state index contributed by atoms with van der Waals surface area (Å²) in [7, 11) is 0. The van der Waals surface area contributed by atoms with Crippen LogP contribution in [0.1, 0.15) is 12.8 Å². The molecule has 3 aliphatic heterocycles. The van der Waals surface area contributed by atoms with Crippen molar-refractivity contribution in [2.45, 2.75) is 18.9 Å². The van der Waals surface area contributed by atoms with Crippen molar-refractivity contribution in [3.05, 3.63) is 16.9 Å². The lowest BCUT2D eigenvalue weighted by atomic mass is 9.86. The number of piperidine rings is 3. The Hall–Kier alpha value is -0.680. The fourth-order valence-electron chi connectivity index (χ4n) is 2.54. The van der Waals surface area contributed by atoms with Crippen LogP contribution in [0.2, 0.25) is 0 Å². The molecule has 4 heterocycles. The summed E-state index contributed by atoms with van der Waals surface area (Å²) in [4.78, 5) is 10.8. The summed E-state index contributed by atoms with van der Waals surface area (Å²) < 4.78 is 6.74. The van der Waals surface area contributed by atoms with Gasteiger partial charge in [0.15, 0.2) is 0 Å². The van der Waals surface area contributed by atoms with Crippen LogP contribution in [0, 0.1) is 5.92 Å². The van der Waals surface area contributed by atoms with E-state index in [9.17, 15) is 0 Å². The molecule has 1 atom stereocenters. The van der Waals surface area contributed by atoms with Crippen molar-refractivity contribution in [1.82, 2.24) is 14.9 Å². The van der Waals surface area contributed by atoms with Crippen molar-refractivity contribution in [3.8, 4) is 6.01 Å². The molecule has 0 unspecified atom stereocenters. The van der Waals surface area contributed by atoms with Crippen molar-refractivity contribution in [2.24, 2.45) is 5.92 Å². The number of hydrogen-bond acceptors (Lipinski definition) is 4. The van der Waals surface area contributed by atoms with Crippen LogP contribution in [0.15, 0.2) is 16.9 Å². The van der Waals surface area contributed by atoms with Crippen LogP contribution in [-0.4, -0.2) is 40.6 Å². The zero-order valence-corrected chi connectivity index (χ0v) is 10.6. The van der Waals surface area contributed by atoms with E-state index in [2.05, 4.69) is 30.8 Å². The predicted molar refractivity (Wildman–Crippen MR) is 63.3 cm³/mol. The summed E-state index contributed by atoms with van der Waals surface area (Å²) in [6.45, 7) is 3.49. The van der Waals surface area contributed by atoms with E-state index in [-0.39, 0.29) is 6.10 Å². The topological polar surface area (TPSA) is 38.2 Å². The monoisotopic (exact) mass is 283 g/mol. The third-order valence-electron chi connectivity index (χ3n) is 3.45. The average Bonchev–Trinajstić information content (AvgIpc) is 2.34. The normalized spacial score (nSPS) is 32.7. The van der Waals surface area contributed by atoms with E-state index in [1.807, 2.05) is 0 Å². The van der Waals surface area contributed by atoms with Gasteiger partial charge >= 0.3 is 6.01 Å². The van der Waals surface area contributed by atoms with Gasteiger partial charge in [-0.3, -0.25) is 4.90 Å². The highest BCUT2D eigenvalue weighted by Crippen LogP contribution is 2.29. The van der Waals surface area contributed by atoms with Gasteiger partial charge in [-0.15, -0.1) is 0 Å². The summed E-state index contributed by atoms with van der Waals surface area (Å²) in [5.41, 5.74) is 0. The molecule has 4 nitrogen and oxygen atoms in total. The van der Waals surface area contributed by atoms with Gasteiger partial charge in [0.2, 0.25) is 0 Å². The standard InChI is InChI=1S/C11H14BrN3O/c12-9-5-13-11(14-6-9)16-10-7-15-3-1-8(10)2-4-15/h5-6,8,10H,1-4,7H2/t10-/m1/s1. The Morgan fingerprint density at radius 3 is 2.50 bits per heavy atom. The van der Waals surface area contributed by atoms with Crippen LogP contribution >= 0.6 is 15.9 Å². The Kier molecular flexibility index (Phi) is 2.81. The summed E-state index contributed by atoms with van der Waals surface area (Å²) in [5, 5.41) is 0. The molecule has 5 heteroatoms. The van der Waals surface area contributed by atoms with Gasteiger partial charge in [0.1, 0.15) is 6.10 Å². The quantitative estimate of drug-likeness (QED) is 0.828. The molecular formula is C11H14BrN3O. The number of ether oxygens (including phenoxy) is 1. The first-order valence-corrected chi connectivity index (χ1v) is 6.47. The average molecular weight is 284 g/mol. The lowest BCUT2D eigenvalue weighted by Crippen LogP contribution is -2.52. The van der Waals surface area contributed by atoms with Crippen molar-refractivity contribution >= 4 is 15.9 Å². The van der Waals surface area contributed by atoms with Gasteiger partial charge in [-0.2, -0.15) is 0 Å². The number of aromatic nitrogens is 2. The second-order valence-electron chi connectivity index (χ2n) is 4.48. The fraction of sp³-hybridized carbons (Fsp3) is 0.636. The Morgan fingerprint density at radius 2 is 1.94 bits per heavy atom. The first-order valence-electron chi connectivity index (χ1n) is 5.68. The molecule has 0 N–H and O–H groups in total. The minimum Gasteiger partial charge on any atom is -0.458 e. The van der Waals surface area contributed by atoms with Gasteiger partial charge in [-0.05, 0) is 47.8 Å². The SMILES string of the molecule is Brc1cnc(O[C@@H]2CN3CCC2CC3)nc1. The Bertz CT molecular complexity index is 362. The molecule has 3 saturated heterocycles. The smallest absolute Gasteiger partial charge is 0.316 e. The lowest BCUT2D eigenvalue weighted by Gasteiger charge is -2.43. The molecule has 4 rings (SSSR count). The first-order chi connectivity index (χ1) is 7.81. The number of nitrogens with zero attached hydrogens (tertiary/aromatic N) is 3. The lowest BCUT2D eigenvalue weighted by molar-refractivity contribution is -0.0123. The number of hydrogen-bond donors (Lipinski definition) is 0. The largest absolute Gasteiger partial charge is 0.458 e. The Balaban J connectivity index is 1.68. The van der Waals surface area contributed by atoms with Crippen LogP contribution in [0.5, 0.6) is 6.01 Å². The van der Waals surface area contributed by atoms with Gasteiger partial charge < -0.3 is 4.74 Å². The molecule has 3 fully saturated rings. The molecule has 0 amide bonds. The predicted octanol–water partition coefficient (Wildman–Crippen LogP) is 1.71.